The molecule has 90 valence electrons. The van der Waals surface area contributed by atoms with Crippen LogP contribution >= 0.6 is 0 Å². The van der Waals surface area contributed by atoms with Crippen molar-refractivity contribution in [3.63, 3.8) is 0 Å². The summed E-state index contributed by atoms with van der Waals surface area (Å²) in [5.41, 5.74) is 5.43. The van der Waals surface area contributed by atoms with Crippen molar-refractivity contribution >= 4 is 5.84 Å². The molecule has 0 aromatic rings. The van der Waals surface area contributed by atoms with Crippen LogP contribution in [-0.2, 0) is 4.74 Å². The fourth-order valence-corrected chi connectivity index (χ4v) is 1.01. The number of rotatable bonds is 9. The van der Waals surface area contributed by atoms with Crippen molar-refractivity contribution < 1.29 is 9.94 Å². The van der Waals surface area contributed by atoms with Crippen molar-refractivity contribution in [3.8, 4) is 0 Å². The second-order valence-corrected chi connectivity index (χ2v) is 3.60. The first-order chi connectivity index (χ1) is 7.22. The van der Waals surface area contributed by atoms with Gasteiger partial charge in [0.05, 0.1) is 6.61 Å². The third-order valence-corrected chi connectivity index (χ3v) is 2.14. The zero-order valence-corrected chi connectivity index (χ0v) is 9.70. The van der Waals surface area contributed by atoms with Crippen molar-refractivity contribution in [2.45, 2.75) is 26.7 Å². The Kier molecular flexibility index (Phi) is 9.21. The van der Waals surface area contributed by atoms with Crippen LogP contribution in [0.25, 0.3) is 0 Å². The van der Waals surface area contributed by atoms with Crippen molar-refractivity contribution in [2.75, 3.05) is 26.3 Å². The summed E-state index contributed by atoms with van der Waals surface area (Å²) >= 11 is 0. The lowest BCUT2D eigenvalue weighted by molar-refractivity contribution is 0.133. The third-order valence-electron chi connectivity index (χ3n) is 2.14. The lowest BCUT2D eigenvalue weighted by Crippen LogP contribution is -2.32. The fourth-order valence-electron chi connectivity index (χ4n) is 1.01. The van der Waals surface area contributed by atoms with Gasteiger partial charge in [-0.2, -0.15) is 0 Å². The maximum Gasteiger partial charge on any atom is 0.143 e. The van der Waals surface area contributed by atoms with Crippen LogP contribution in [0.4, 0.5) is 0 Å². The molecule has 0 spiro atoms. The van der Waals surface area contributed by atoms with Crippen molar-refractivity contribution in [1.82, 2.24) is 5.32 Å². The second-order valence-electron chi connectivity index (χ2n) is 3.60. The molecule has 0 radical (unpaired) electrons. The third kappa shape index (κ3) is 8.20. The largest absolute Gasteiger partial charge is 0.409 e. The molecule has 5 nitrogen and oxygen atoms in total. The van der Waals surface area contributed by atoms with Gasteiger partial charge in [-0.3, -0.25) is 0 Å². The SMILES string of the molecule is CCCCOCCNCC(C)C(N)=NO. The van der Waals surface area contributed by atoms with E-state index in [4.69, 9.17) is 15.7 Å². The summed E-state index contributed by atoms with van der Waals surface area (Å²) in [5.74, 6) is 0.306. The number of hydrogen-bond donors (Lipinski definition) is 3. The first-order valence-corrected chi connectivity index (χ1v) is 5.48. The topological polar surface area (TPSA) is 79.9 Å². The average molecular weight is 217 g/mol. The van der Waals surface area contributed by atoms with Gasteiger partial charge < -0.3 is 21.0 Å². The summed E-state index contributed by atoms with van der Waals surface area (Å²) in [6.45, 7) is 7.08. The van der Waals surface area contributed by atoms with Gasteiger partial charge in [-0.15, -0.1) is 0 Å². The Morgan fingerprint density at radius 2 is 2.27 bits per heavy atom. The molecular weight excluding hydrogens is 194 g/mol. The standard InChI is InChI=1S/C10H23N3O2/c1-3-4-6-15-7-5-12-8-9(2)10(11)13-14/h9,12,14H,3-8H2,1-2H3,(H2,11,13). The Morgan fingerprint density at radius 3 is 2.87 bits per heavy atom. The molecule has 0 saturated carbocycles. The number of amidine groups is 1. The van der Waals surface area contributed by atoms with Gasteiger partial charge >= 0.3 is 0 Å². The molecule has 5 heteroatoms. The summed E-state index contributed by atoms with van der Waals surface area (Å²) in [5, 5.41) is 14.5. The van der Waals surface area contributed by atoms with E-state index in [-0.39, 0.29) is 11.8 Å². The maximum atomic E-state index is 8.42. The number of ether oxygens (including phenoxy) is 1. The Labute approximate surface area is 91.7 Å². The fraction of sp³-hybridized carbons (Fsp3) is 0.900. The van der Waals surface area contributed by atoms with E-state index in [0.717, 1.165) is 26.0 Å². The molecule has 0 saturated heterocycles. The van der Waals surface area contributed by atoms with Crippen LogP contribution in [0.15, 0.2) is 5.16 Å². The first-order valence-electron chi connectivity index (χ1n) is 5.48. The van der Waals surface area contributed by atoms with Gasteiger partial charge in [-0.25, -0.2) is 0 Å². The number of nitrogens with one attached hydrogen (secondary N) is 1. The van der Waals surface area contributed by atoms with E-state index in [1.165, 1.54) is 0 Å². The highest BCUT2D eigenvalue weighted by molar-refractivity contribution is 5.82. The Morgan fingerprint density at radius 1 is 1.53 bits per heavy atom. The predicted octanol–water partition coefficient (Wildman–Crippen LogP) is 0.775. The van der Waals surface area contributed by atoms with E-state index < -0.39 is 0 Å². The number of hydrogen-bond acceptors (Lipinski definition) is 4. The molecule has 0 aromatic heterocycles. The minimum Gasteiger partial charge on any atom is -0.409 e. The molecule has 0 rings (SSSR count). The van der Waals surface area contributed by atoms with E-state index in [9.17, 15) is 0 Å². The summed E-state index contributed by atoms with van der Waals surface area (Å²) in [4.78, 5) is 0. The summed E-state index contributed by atoms with van der Waals surface area (Å²) in [7, 11) is 0. The molecule has 0 aliphatic carbocycles. The predicted molar refractivity (Wildman–Crippen MR) is 61.2 cm³/mol. The molecule has 15 heavy (non-hydrogen) atoms. The second kappa shape index (κ2) is 9.73. The number of nitrogens with zero attached hydrogens (tertiary/aromatic N) is 1. The molecule has 0 aliphatic heterocycles. The maximum absolute atomic E-state index is 8.42. The van der Waals surface area contributed by atoms with Crippen LogP contribution in [0.3, 0.4) is 0 Å². The monoisotopic (exact) mass is 217 g/mol. The Hall–Kier alpha value is -0.810. The molecule has 1 atom stereocenters. The van der Waals surface area contributed by atoms with Crippen LogP contribution in [0.1, 0.15) is 26.7 Å². The molecule has 0 aromatic carbocycles. The van der Waals surface area contributed by atoms with Crippen LogP contribution in [0, 0.1) is 5.92 Å². The van der Waals surface area contributed by atoms with E-state index in [1.807, 2.05) is 6.92 Å². The zero-order chi connectivity index (χ0) is 11.5. The Balaban J connectivity index is 3.24. The molecule has 0 amide bonds. The zero-order valence-electron chi connectivity index (χ0n) is 9.70. The molecule has 0 fully saturated rings. The average Bonchev–Trinajstić information content (AvgIpc) is 2.26. The normalized spacial score (nSPS) is 14.1. The molecule has 4 N–H and O–H groups in total. The quantitative estimate of drug-likeness (QED) is 0.175. The smallest absolute Gasteiger partial charge is 0.143 e. The van der Waals surface area contributed by atoms with E-state index >= 15 is 0 Å². The van der Waals surface area contributed by atoms with Crippen molar-refractivity contribution in [2.24, 2.45) is 16.8 Å². The summed E-state index contributed by atoms with van der Waals surface area (Å²) < 4.78 is 5.37. The summed E-state index contributed by atoms with van der Waals surface area (Å²) in [6.07, 6.45) is 2.27. The van der Waals surface area contributed by atoms with E-state index in [0.29, 0.717) is 13.2 Å². The van der Waals surface area contributed by atoms with Crippen LogP contribution < -0.4 is 11.1 Å². The van der Waals surface area contributed by atoms with Gasteiger partial charge in [-0.1, -0.05) is 25.4 Å². The van der Waals surface area contributed by atoms with Gasteiger partial charge in [0.1, 0.15) is 5.84 Å². The van der Waals surface area contributed by atoms with Crippen LogP contribution in [0.2, 0.25) is 0 Å². The van der Waals surface area contributed by atoms with Crippen molar-refractivity contribution in [3.05, 3.63) is 0 Å². The van der Waals surface area contributed by atoms with E-state index in [2.05, 4.69) is 17.4 Å². The highest BCUT2D eigenvalue weighted by atomic mass is 16.5. The van der Waals surface area contributed by atoms with Gasteiger partial charge in [0.25, 0.3) is 0 Å². The van der Waals surface area contributed by atoms with E-state index in [1.54, 1.807) is 0 Å². The van der Waals surface area contributed by atoms with Crippen LogP contribution in [0.5, 0.6) is 0 Å². The van der Waals surface area contributed by atoms with Gasteiger partial charge in [0.2, 0.25) is 0 Å². The van der Waals surface area contributed by atoms with Crippen molar-refractivity contribution in [1.29, 1.82) is 0 Å². The highest BCUT2D eigenvalue weighted by Crippen LogP contribution is 1.91. The van der Waals surface area contributed by atoms with Gasteiger partial charge in [0, 0.05) is 25.6 Å². The molecule has 0 aliphatic rings. The highest BCUT2D eigenvalue weighted by Gasteiger charge is 2.05. The molecular formula is C10H23N3O2. The minimum atomic E-state index is 0.0469. The summed E-state index contributed by atoms with van der Waals surface area (Å²) in [6, 6.07) is 0. The number of nitrogens with two attached hydrogens (primary N) is 1. The van der Waals surface area contributed by atoms with Gasteiger partial charge in [-0.05, 0) is 6.42 Å². The number of oxime groups is 1. The number of unbranched alkanes of at least 4 members (excludes halogenated alkanes) is 1. The lowest BCUT2D eigenvalue weighted by atomic mass is 10.1. The first kappa shape index (κ1) is 14.2. The lowest BCUT2D eigenvalue weighted by Gasteiger charge is -2.10. The Bertz CT molecular complexity index is 174. The molecule has 0 bridgehead atoms. The minimum absolute atomic E-state index is 0.0469. The molecule has 1 unspecified atom stereocenters. The van der Waals surface area contributed by atoms with Gasteiger partial charge in [0.15, 0.2) is 0 Å². The van der Waals surface area contributed by atoms with Crippen LogP contribution in [-0.4, -0.2) is 37.3 Å². The molecule has 0 heterocycles.